The Labute approximate surface area is 111 Å². The average Bonchev–Trinajstić information content (AvgIpc) is 2.50. The van der Waals surface area contributed by atoms with Gasteiger partial charge in [-0.05, 0) is 37.7 Å². The first-order chi connectivity index (χ1) is 8.22. The minimum Gasteiger partial charge on any atom is -0.351 e. The van der Waals surface area contributed by atoms with Crippen molar-refractivity contribution in [2.45, 2.75) is 58.9 Å². The van der Waals surface area contributed by atoms with E-state index in [1.165, 1.54) is 17.8 Å². The highest BCUT2D eigenvalue weighted by Crippen LogP contribution is 2.39. The number of aromatic nitrogens is 1. The summed E-state index contributed by atoms with van der Waals surface area (Å²) in [7, 11) is 0. The Bertz CT molecular complexity index is 429. The minimum atomic E-state index is 0.144. The van der Waals surface area contributed by atoms with E-state index >= 15 is 0 Å². The first-order valence-electron chi connectivity index (χ1n) is 6.95. The molecular weight excluding hydrogens is 220 g/mol. The molecular formula is C16H26N2. The molecule has 2 rings (SSSR count). The molecule has 2 heterocycles. The molecule has 1 aromatic heterocycles. The predicted molar refractivity (Wildman–Crippen MR) is 78.1 cm³/mol. The molecule has 1 atom stereocenters. The predicted octanol–water partition coefficient (Wildman–Crippen LogP) is 4.00. The SMILES string of the molecule is CC1CN(c2ncccc2C(C)(C)C)C(C)(C)C1. The fourth-order valence-electron chi connectivity index (χ4n) is 3.16. The van der Waals surface area contributed by atoms with Crippen molar-refractivity contribution in [1.82, 2.24) is 4.98 Å². The highest BCUT2D eigenvalue weighted by molar-refractivity contribution is 5.53. The van der Waals surface area contributed by atoms with Crippen molar-refractivity contribution in [2.24, 2.45) is 5.92 Å². The zero-order valence-electron chi connectivity index (χ0n) is 12.6. The third kappa shape index (κ3) is 2.38. The molecule has 1 fully saturated rings. The Morgan fingerprint density at radius 3 is 2.50 bits per heavy atom. The molecule has 0 N–H and O–H groups in total. The molecule has 0 amide bonds. The van der Waals surface area contributed by atoms with E-state index in [1.807, 2.05) is 6.20 Å². The van der Waals surface area contributed by atoms with E-state index in [0.717, 1.165) is 12.5 Å². The van der Waals surface area contributed by atoms with Crippen LogP contribution in [0, 0.1) is 5.92 Å². The van der Waals surface area contributed by atoms with Crippen LogP contribution in [-0.4, -0.2) is 17.1 Å². The lowest BCUT2D eigenvalue weighted by atomic mass is 9.86. The molecule has 1 aromatic rings. The van der Waals surface area contributed by atoms with Gasteiger partial charge in [-0.1, -0.05) is 33.8 Å². The molecule has 0 aromatic carbocycles. The van der Waals surface area contributed by atoms with E-state index in [9.17, 15) is 0 Å². The van der Waals surface area contributed by atoms with Gasteiger partial charge in [0.1, 0.15) is 5.82 Å². The van der Waals surface area contributed by atoms with Crippen LogP contribution in [0.25, 0.3) is 0 Å². The van der Waals surface area contributed by atoms with E-state index in [1.54, 1.807) is 0 Å². The van der Waals surface area contributed by atoms with Gasteiger partial charge in [0.25, 0.3) is 0 Å². The third-order valence-electron chi connectivity index (χ3n) is 3.92. The highest BCUT2D eigenvalue weighted by atomic mass is 15.3. The van der Waals surface area contributed by atoms with Crippen molar-refractivity contribution in [1.29, 1.82) is 0 Å². The first-order valence-corrected chi connectivity index (χ1v) is 6.95. The first kappa shape index (κ1) is 13.4. The number of hydrogen-bond donors (Lipinski definition) is 0. The van der Waals surface area contributed by atoms with Crippen LogP contribution in [0.15, 0.2) is 18.3 Å². The molecule has 0 aliphatic carbocycles. The minimum absolute atomic E-state index is 0.144. The highest BCUT2D eigenvalue weighted by Gasteiger charge is 2.38. The van der Waals surface area contributed by atoms with Crippen LogP contribution >= 0.6 is 0 Å². The lowest BCUT2D eigenvalue weighted by Crippen LogP contribution is -2.40. The molecule has 0 spiro atoms. The van der Waals surface area contributed by atoms with Gasteiger partial charge in [-0.2, -0.15) is 0 Å². The van der Waals surface area contributed by atoms with Gasteiger partial charge in [0.15, 0.2) is 0 Å². The molecule has 0 radical (unpaired) electrons. The van der Waals surface area contributed by atoms with Crippen molar-refractivity contribution >= 4 is 5.82 Å². The Hall–Kier alpha value is -1.05. The van der Waals surface area contributed by atoms with Crippen molar-refractivity contribution in [2.75, 3.05) is 11.4 Å². The van der Waals surface area contributed by atoms with Crippen molar-refractivity contribution in [3.05, 3.63) is 23.9 Å². The number of hydrogen-bond acceptors (Lipinski definition) is 2. The maximum Gasteiger partial charge on any atom is 0.132 e. The van der Waals surface area contributed by atoms with Gasteiger partial charge < -0.3 is 4.90 Å². The number of pyridine rings is 1. The van der Waals surface area contributed by atoms with Gasteiger partial charge in [-0.25, -0.2) is 4.98 Å². The smallest absolute Gasteiger partial charge is 0.132 e. The van der Waals surface area contributed by atoms with Crippen molar-refractivity contribution < 1.29 is 0 Å². The van der Waals surface area contributed by atoms with Crippen molar-refractivity contribution in [3.63, 3.8) is 0 Å². The fourth-order valence-corrected chi connectivity index (χ4v) is 3.16. The lowest BCUT2D eigenvalue weighted by Gasteiger charge is -2.36. The van der Waals surface area contributed by atoms with Crippen LogP contribution in [0.1, 0.15) is 53.5 Å². The van der Waals surface area contributed by atoms with Gasteiger partial charge in [0, 0.05) is 23.8 Å². The molecule has 1 unspecified atom stereocenters. The lowest BCUT2D eigenvalue weighted by molar-refractivity contribution is 0.482. The van der Waals surface area contributed by atoms with Crippen LogP contribution in [0.3, 0.4) is 0 Å². The Balaban J connectivity index is 2.46. The second kappa shape index (κ2) is 4.25. The van der Waals surface area contributed by atoms with Crippen LogP contribution in [0.2, 0.25) is 0 Å². The quantitative estimate of drug-likeness (QED) is 0.744. The van der Waals surface area contributed by atoms with Crippen LogP contribution < -0.4 is 4.90 Å². The molecule has 0 bridgehead atoms. The second-order valence-electron chi connectivity index (χ2n) is 7.36. The average molecular weight is 246 g/mol. The number of rotatable bonds is 1. The summed E-state index contributed by atoms with van der Waals surface area (Å²) in [5.74, 6) is 1.93. The fraction of sp³-hybridized carbons (Fsp3) is 0.688. The number of anilines is 1. The Morgan fingerprint density at radius 1 is 1.33 bits per heavy atom. The summed E-state index contributed by atoms with van der Waals surface area (Å²) in [6, 6.07) is 4.28. The zero-order valence-corrected chi connectivity index (χ0v) is 12.6. The Morgan fingerprint density at radius 2 is 2.00 bits per heavy atom. The summed E-state index contributed by atoms with van der Waals surface area (Å²) in [6.07, 6.45) is 3.16. The van der Waals surface area contributed by atoms with Gasteiger partial charge in [0.05, 0.1) is 0 Å². The summed E-state index contributed by atoms with van der Waals surface area (Å²) in [5.41, 5.74) is 1.71. The van der Waals surface area contributed by atoms with Crippen molar-refractivity contribution in [3.8, 4) is 0 Å². The van der Waals surface area contributed by atoms with Gasteiger partial charge in [0.2, 0.25) is 0 Å². The largest absolute Gasteiger partial charge is 0.351 e. The van der Waals surface area contributed by atoms with Crippen LogP contribution in [0.4, 0.5) is 5.82 Å². The molecule has 1 aliphatic rings. The topological polar surface area (TPSA) is 16.1 Å². The second-order valence-corrected chi connectivity index (χ2v) is 7.36. The molecule has 2 heteroatoms. The van der Waals surface area contributed by atoms with E-state index in [0.29, 0.717) is 0 Å². The summed E-state index contributed by atoms with van der Waals surface area (Å²) < 4.78 is 0. The molecule has 100 valence electrons. The molecule has 2 nitrogen and oxygen atoms in total. The van der Waals surface area contributed by atoms with Crippen LogP contribution in [0.5, 0.6) is 0 Å². The maximum atomic E-state index is 4.68. The summed E-state index contributed by atoms with van der Waals surface area (Å²) >= 11 is 0. The summed E-state index contributed by atoms with van der Waals surface area (Å²) in [5, 5.41) is 0. The van der Waals surface area contributed by atoms with Gasteiger partial charge in [-0.3, -0.25) is 0 Å². The normalized spacial score (nSPS) is 23.4. The Kier molecular flexibility index (Phi) is 3.16. The standard InChI is InChI=1S/C16H26N2/c1-12-10-16(5,6)18(11-12)14-13(15(2,3)4)8-7-9-17-14/h7-9,12H,10-11H2,1-6H3. The van der Waals surface area contributed by atoms with Crippen LogP contribution in [-0.2, 0) is 5.41 Å². The molecule has 18 heavy (non-hydrogen) atoms. The molecule has 0 saturated carbocycles. The monoisotopic (exact) mass is 246 g/mol. The van der Waals surface area contributed by atoms with E-state index in [-0.39, 0.29) is 11.0 Å². The van der Waals surface area contributed by atoms with Gasteiger partial charge in [-0.15, -0.1) is 0 Å². The third-order valence-corrected chi connectivity index (χ3v) is 3.92. The summed E-state index contributed by atoms with van der Waals surface area (Å²) in [4.78, 5) is 7.18. The van der Waals surface area contributed by atoms with E-state index in [4.69, 9.17) is 0 Å². The van der Waals surface area contributed by atoms with E-state index in [2.05, 4.69) is 63.6 Å². The van der Waals surface area contributed by atoms with Gasteiger partial charge >= 0.3 is 0 Å². The maximum absolute atomic E-state index is 4.68. The van der Waals surface area contributed by atoms with E-state index < -0.39 is 0 Å². The molecule has 1 aliphatic heterocycles. The molecule has 1 saturated heterocycles. The zero-order chi connectivity index (χ0) is 13.6. The number of nitrogens with zero attached hydrogens (tertiary/aromatic N) is 2. The summed E-state index contributed by atoms with van der Waals surface area (Å²) in [6.45, 7) is 14.9.